The molecule has 0 unspecified atom stereocenters. The van der Waals surface area contributed by atoms with Crippen molar-refractivity contribution in [1.29, 1.82) is 5.26 Å². The molecule has 0 radical (unpaired) electrons. The van der Waals surface area contributed by atoms with Crippen molar-refractivity contribution in [2.24, 2.45) is 0 Å². The summed E-state index contributed by atoms with van der Waals surface area (Å²) in [5.74, 6) is -0.0472. The van der Waals surface area contributed by atoms with E-state index in [-0.39, 0.29) is 12.2 Å². The first-order chi connectivity index (χ1) is 7.22. The molecule has 1 aromatic rings. The Balaban J connectivity index is 2.40. The van der Waals surface area contributed by atoms with Crippen LogP contribution in [0.5, 0.6) is 0 Å². The molecule has 1 heterocycles. The van der Waals surface area contributed by atoms with E-state index in [0.29, 0.717) is 13.1 Å². The number of rotatable bonds is 5. The number of likely N-dealkylation sites (N-methyl/N-ethyl adjacent to an activating group) is 1. The van der Waals surface area contributed by atoms with E-state index in [1.54, 1.807) is 12.4 Å². The average molecular weight is 203 g/mol. The Hall–Kier alpha value is -1.73. The number of ketones is 1. The van der Waals surface area contributed by atoms with E-state index < -0.39 is 0 Å². The molecule has 1 aromatic heterocycles. The molecular weight excluding hydrogens is 190 g/mol. The van der Waals surface area contributed by atoms with Crippen molar-refractivity contribution >= 4 is 5.78 Å². The lowest BCUT2D eigenvalue weighted by Gasteiger charge is -2.14. The molecule has 0 aliphatic carbocycles. The van der Waals surface area contributed by atoms with Gasteiger partial charge in [0.25, 0.3) is 0 Å². The minimum absolute atomic E-state index is 0.0132. The Morgan fingerprint density at radius 2 is 2.20 bits per heavy atom. The number of hydrogen-bond donors (Lipinski definition) is 0. The van der Waals surface area contributed by atoms with Gasteiger partial charge in [0.15, 0.2) is 5.78 Å². The van der Waals surface area contributed by atoms with Crippen molar-refractivity contribution in [3.05, 3.63) is 30.1 Å². The molecular formula is C11H13N3O. The molecule has 0 N–H and O–H groups in total. The molecule has 4 nitrogen and oxygen atoms in total. The Bertz CT molecular complexity index is 356. The summed E-state index contributed by atoms with van der Waals surface area (Å²) in [4.78, 5) is 17.0. The van der Waals surface area contributed by atoms with Crippen LogP contribution in [0.25, 0.3) is 0 Å². The third kappa shape index (κ3) is 4.34. The van der Waals surface area contributed by atoms with E-state index in [4.69, 9.17) is 5.26 Å². The van der Waals surface area contributed by atoms with Crippen molar-refractivity contribution < 1.29 is 4.79 Å². The maximum absolute atomic E-state index is 11.2. The molecule has 78 valence electrons. The Morgan fingerprint density at radius 3 is 2.80 bits per heavy atom. The summed E-state index contributed by atoms with van der Waals surface area (Å²) in [6.45, 7) is 1.01. The summed E-state index contributed by atoms with van der Waals surface area (Å²) in [6, 6.07) is 5.67. The van der Waals surface area contributed by atoms with Gasteiger partial charge in [-0.1, -0.05) is 0 Å². The fraction of sp³-hybridized carbons (Fsp3) is 0.364. The van der Waals surface area contributed by atoms with Gasteiger partial charge in [0.2, 0.25) is 0 Å². The molecule has 0 fully saturated rings. The highest BCUT2D eigenvalue weighted by atomic mass is 16.1. The fourth-order valence-corrected chi connectivity index (χ4v) is 1.30. The largest absolute Gasteiger partial charge is 0.297 e. The minimum atomic E-state index is -0.0472. The smallest absolute Gasteiger partial charge is 0.160 e. The number of nitrogens with zero attached hydrogens (tertiary/aromatic N) is 3. The van der Waals surface area contributed by atoms with Crippen molar-refractivity contribution in [1.82, 2.24) is 9.88 Å². The predicted octanol–water partition coefficient (Wildman–Crippen LogP) is 0.996. The summed E-state index contributed by atoms with van der Waals surface area (Å²) in [5, 5.41) is 8.34. The van der Waals surface area contributed by atoms with Crippen LogP contribution >= 0.6 is 0 Å². The van der Waals surface area contributed by atoms with Gasteiger partial charge in [-0.2, -0.15) is 5.26 Å². The van der Waals surface area contributed by atoms with Crippen LogP contribution in [-0.4, -0.2) is 29.3 Å². The van der Waals surface area contributed by atoms with Crippen LogP contribution in [0.3, 0.4) is 0 Å². The van der Waals surface area contributed by atoms with E-state index in [0.717, 1.165) is 5.56 Å². The standard InChI is InChI=1S/C11H13N3O/c1-14(9-11(15)2-5-12)8-10-3-6-13-7-4-10/h3-4,6-7H,2,8-9H2,1H3. The summed E-state index contributed by atoms with van der Waals surface area (Å²) < 4.78 is 0. The lowest BCUT2D eigenvalue weighted by molar-refractivity contribution is -0.119. The van der Waals surface area contributed by atoms with Gasteiger partial charge in [-0.25, -0.2) is 0 Å². The Kier molecular flexibility index (Phi) is 4.45. The molecule has 0 aromatic carbocycles. The van der Waals surface area contributed by atoms with Gasteiger partial charge in [-0.05, 0) is 24.7 Å². The number of Topliss-reactive ketones (excluding diaryl/α,β-unsaturated/α-hetero) is 1. The molecule has 0 aliphatic heterocycles. The van der Waals surface area contributed by atoms with Gasteiger partial charge >= 0.3 is 0 Å². The number of carbonyl (C=O) groups is 1. The first-order valence-corrected chi connectivity index (χ1v) is 4.68. The zero-order valence-electron chi connectivity index (χ0n) is 8.68. The van der Waals surface area contributed by atoms with Crippen molar-refractivity contribution in [2.75, 3.05) is 13.6 Å². The van der Waals surface area contributed by atoms with Crippen LogP contribution < -0.4 is 0 Å². The zero-order valence-corrected chi connectivity index (χ0v) is 8.68. The number of nitriles is 1. The van der Waals surface area contributed by atoms with Crippen LogP contribution in [0.4, 0.5) is 0 Å². The summed E-state index contributed by atoms with van der Waals surface area (Å²) in [6.07, 6.45) is 3.43. The third-order valence-corrected chi connectivity index (χ3v) is 1.92. The highest BCUT2D eigenvalue weighted by Gasteiger charge is 2.06. The minimum Gasteiger partial charge on any atom is -0.297 e. The fourth-order valence-electron chi connectivity index (χ4n) is 1.30. The summed E-state index contributed by atoms with van der Waals surface area (Å²) in [7, 11) is 1.86. The molecule has 4 heteroatoms. The van der Waals surface area contributed by atoms with Crippen molar-refractivity contribution in [2.45, 2.75) is 13.0 Å². The number of carbonyl (C=O) groups excluding carboxylic acids is 1. The topological polar surface area (TPSA) is 57.0 Å². The average Bonchev–Trinajstić information content (AvgIpc) is 2.19. The van der Waals surface area contributed by atoms with E-state index in [9.17, 15) is 4.79 Å². The number of aromatic nitrogens is 1. The van der Waals surface area contributed by atoms with Gasteiger partial charge in [0.1, 0.15) is 0 Å². The summed E-state index contributed by atoms with van der Waals surface area (Å²) in [5.41, 5.74) is 1.11. The molecule has 0 amide bonds. The molecule has 1 rings (SSSR count). The van der Waals surface area contributed by atoms with Gasteiger partial charge in [0.05, 0.1) is 19.0 Å². The lowest BCUT2D eigenvalue weighted by Crippen LogP contribution is -2.25. The first kappa shape index (κ1) is 11.3. The van der Waals surface area contributed by atoms with Crippen LogP contribution in [-0.2, 0) is 11.3 Å². The second-order valence-electron chi connectivity index (χ2n) is 3.40. The van der Waals surface area contributed by atoms with Crippen molar-refractivity contribution in [3.63, 3.8) is 0 Å². The van der Waals surface area contributed by atoms with Crippen LogP contribution in [0.15, 0.2) is 24.5 Å². The maximum Gasteiger partial charge on any atom is 0.160 e. The van der Waals surface area contributed by atoms with E-state index in [1.807, 2.05) is 30.1 Å². The molecule has 0 bridgehead atoms. The molecule has 0 saturated carbocycles. The van der Waals surface area contributed by atoms with E-state index in [2.05, 4.69) is 4.98 Å². The lowest BCUT2D eigenvalue weighted by atomic mass is 10.2. The normalized spacial score (nSPS) is 9.93. The van der Waals surface area contributed by atoms with Gasteiger partial charge in [-0.15, -0.1) is 0 Å². The highest BCUT2D eigenvalue weighted by Crippen LogP contribution is 2.01. The van der Waals surface area contributed by atoms with E-state index in [1.165, 1.54) is 0 Å². The molecule has 15 heavy (non-hydrogen) atoms. The zero-order chi connectivity index (χ0) is 11.1. The van der Waals surface area contributed by atoms with Crippen LogP contribution in [0.1, 0.15) is 12.0 Å². The maximum atomic E-state index is 11.2. The third-order valence-electron chi connectivity index (χ3n) is 1.92. The Labute approximate surface area is 89.2 Å². The number of pyridine rings is 1. The second-order valence-corrected chi connectivity index (χ2v) is 3.40. The monoisotopic (exact) mass is 203 g/mol. The number of hydrogen-bond acceptors (Lipinski definition) is 4. The van der Waals surface area contributed by atoms with Gasteiger partial charge in [-0.3, -0.25) is 14.7 Å². The summed E-state index contributed by atoms with van der Waals surface area (Å²) >= 11 is 0. The predicted molar refractivity (Wildman–Crippen MR) is 55.8 cm³/mol. The molecule has 0 saturated heterocycles. The van der Waals surface area contributed by atoms with Crippen LogP contribution in [0.2, 0.25) is 0 Å². The molecule has 0 spiro atoms. The quantitative estimate of drug-likeness (QED) is 0.716. The SMILES string of the molecule is CN(CC(=O)CC#N)Cc1ccncc1. The molecule has 0 atom stereocenters. The first-order valence-electron chi connectivity index (χ1n) is 4.68. The second kappa shape index (κ2) is 5.89. The van der Waals surface area contributed by atoms with Crippen LogP contribution in [0, 0.1) is 11.3 Å². The van der Waals surface area contributed by atoms with Crippen molar-refractivity contribution in [3.8, 4) is 6.07 Å². The molecule has 0 aliphatic rings. The van der Waals surface area contributed by atoms with Gasteiger partial charge in [0, 0.05) is 18.9 Å². The van der Waals surface area contributed by atoms with E-state index >= 15 is 0 Å². The Morgan fingerprint density at radius 1 is 1.53 bits per heavy atom. The van der Waals surface area contributed by atoms with Gasteiger partial charge < -0.3 is 0 Å². The highest BCUT2D eigenvalue weighted by molar-refractivity contribution is 5.82.